The number of sulfonamides is 1. The van der Waals surface area contributed by atoms with Gasteiger partial charge in [0.1, 0.15) is 0 Å². The molecule has 0 bridgehead atoms. The third-order valence-corrected chi connectivity index (χ3v) is 6.33. The SMILES string of the molecule is CC1CN(S(=O)(=O)c2ccc(N)c(Br)c2)CC1N(C)C. The van der Waals surface area contributed by atoms with E-state index in [4.69, 9.17) is 5.73 Å². The van der Waals surface area contributed by atoms with Crippen LogP contribution in [0.15, 0.2) is 27.6 Å². The smallest absolute Gasteiger partial charge is 0.243 e. The number of nitrogens with two attached hydrogens (primary N) is 1. The maximum atomic E-state index is 12.7. The largest absolute Gasteiger partial charge is 0.398 e. The van der Waals surface area contributed by atoms with Crippen LogP contribution >= 0.6 is 15.9 Å². The van der Waals surface area contributed by atoms with Crippen LogP contribution in [-0.4, -0.2) is 50.8 Å². The molecule has 7 heteroatoms. The molecular weight excluding hydrogens is 342 g/mol. The fraction of sp³-hybridized carbons (Fsp3) is 0.538. The van der Waals surface area contributed by atoms with Crippen LogP contribution in [-0.2, 0) is 10.0 Å². The van der Waals surface area contributed by atoms with E-state index in [1.54, 1.807) is 22.5 Å². The summed E-state index contributed by atoms with van der Waals surface area (Å²) < 4.78 is 27.5. The Morgan fingerprint density at radius 1 is 1.35 bits per heavy atom. The topological polar surface area (TPSA) is 66.6 Å². The van der Waals surface area contributed by atoms with Gasteiger partial charge in [0.15, 0.2) is 0 Å². The van der Waals surface area contributed by atoms with Crippen molar-refractivity contribution in [1.29, 1.82) is 0 Å². The lowest BCUT2D eigenvalue weighted by atomic mass is 10.1. The highest BCUT2D eigenvalue weighted by atomic mass is 79.9. The van der Waals surface area contributed by atoms with Gasteiger partial charge in [0, 0.05) is 29.3 Å². The Kier molecular flexibility index (Phi) is 4.44. The van der Waals surface area contributed by atoms with Crippen molar-refractivity contribution in [2.24, 2.45) is 5.92 Å². The van der Waals surface area contributed by atoms with Gasteiger partial charge in [-0.05, 0) is 54.1 Å². The lowest BCUT2D eigenvalue weighted by molar-refractivity contribution is 0.263. The summed E-state index contributed by atoms with van der Waals surface area (Å²) in [5, 5.41) is 0. The zero-order chi connectivity index (χ0) is 15.1. The molecule has 0 aromatic heterocycles. The highest BCUT2D eigenvalue weighted by molar-refractivity contribution is 9.10. The molecule has 1 heterocycles. The Labute approximate surface area is 128 Å². The predicted molar refractivity (Wildman–Crippen MR) is 84.0 cm³/mol. The zero-order valence-electron chi connectivity index (χ0n) is 11.9. The van der Waals surface area contributed by atoms with E-state index >= 15 is 0 Å². The Morgan fingerprint density at radius 2 is 2.00 bits per heavy atom. The molecule has 1 aromatic rings. The summed E-state index contributed by atoms with van der Waals surface area (Å²) in [6, 6.07) is 4.99. The van der Waals surface area contributed by atoms with Crippen molar-refractivity contribution in [1.82, 2.24) is 9.21 Å². The van der Waals surface area contributed by atoms with Crippen LogP contribution in [0, 0.1) is 5.92 Å². The third kappa shape index (κ3) is 2.86. The van der Waals surface area contributed by atoms with Gasteiger partial charge in [-0.15, -0.1) is 0 Å². The Balaban J connectivity index is 2.30. The molecule has 1 aromatic carbocycles. The number of nitrogen functional groups attached to an aromatic ring is 1. The summed E-state index contributed by atoms with van der Waals surface area (Å²) in [4.78, 5) is 2.37. The van der Waals surface area contributed by atoms with E-state index in [1.165, 1.54) is 0 Å². The normalized spacial score (nSPS) is 24.4. The second kappa shape index (κ2) is 5.63. The highest BCUT2D eigenvalue weighted by Crippen LogP contribution is 2.29. The van der Waals surface area contributed by atoms with Gasteiger partial charge in [-0.25, -0.2) is 8.42 Å². The first-order chi connectivity index (χ1) is 9.23. The second-order valence-corrected chi connectivity index (χ2v) is 8.31. The summed E-state index contributed by atoms with van der Waals surface area (Å²) in [6.45, 7) is 3.16. The minimum Gasteiger partial charge on any atom is -0.398 e. The van der Waals surface area contributed by atoms with Crippen molar-refractivity contribution >= 4 is 31.6 Å². The number of halogens is 1. The molecule has 0 amide bonds. The van der Waals surface area contributed by atoms with Gasteiger partial charge in [-0.1, -0.05) is 6.92 Å². The standard InChI is InChI=1S/C13H20BrN3O2S/c1-9-7-17(8-13(9)16(2)3)20(18,19)10-4-5-12(15)11(14)6-10/h4-6,9,13H,7-8,15H2,1-3H3. The molecule has 0 aliphatic carbocycles. The van der Waals surface area contributed by atoms with Crippen molar-refractivity contribution in [2.45, 2.75) is 17.9 Å². The Morgan fingerprint density at radius 3 is 2.50 bits per heavy atom. The summed E-state index contributed by atoms with van der Waals surface area (Å²) in [5.74, 6) is 0.317. The van der Waals surface area contributed by atoms with E-state index in [-0.39, 0.29) is 10.9 Å². The molecule has 2 rings (SSSR count). The van der Waals surface area contributed by atoms with Crippen LogP contribution < -0.4 is 5.73 Å². The van der Waals surface area contributed by atoms with Gasteiger partial charge in [0.05, 0.1) is 4.90 Å². The van der Waals surface area contributed by atoms with Crippen molar-refractivity contribution in [3.05, 3.63) is 22.7 Å². The Bertz CT molecular complexity index is 604. The van der Waals surface area contributed by atoms with Crippen molar-refractivity contribution in [3.63, 3.8) is 0 Å². The minimum absolute atomic E-state index is 0.252. The summed E-state index contributed by atoms with van der Waals surface area (Å²) in [7, 11) is 0.510. The molecule has 1 fully saturated rings. The van der Waals surface area contributed by atoms with E-state index in [1.807, 2.05) is 14.1 Å². The van der Waals surface area contributed by atoms with Crippen LogP contribution in [0.3, 0.4) is 0 Å². The van der Waals surface area contributed by atoms with Gasteiger partial charge in [-0.3, -0.25) is 0 Å². The highest BCUT2D eigenvalue weighted by Gasteiger charge is 2.38. The first-order valence-corrected chi connectivity index (χ1v) is 8.68. The molecular formula is C13H20BrN3O2S. The zero-order valence-corrected chi connectivity index (χ0v) is 14.3. The molecule has 1 saturated heterocycles. The summed E-state index contributed by atoms with van der Waals surface area (Å²) in [6.07, 6.45) is 0. The third-order valence-electron chi connectivity index (χ3n) is 3.81. The van der Waals surface area contributed by atoms with Crippen LogP contribution in [0.2, 0.25) is 0 Å². The number of anilines is 1. The number of nitrogens with zero attached hydrogens (tertiary/aromatic N) is 2. The van der Waals surface area contributed by atoms with Crippen LogP contribution in [0.5, 0.6) is 0 Å². The second-order valence-electron chi connectivity index (χ2n) is 5.51. The molecule has 20 heavy (non-hydrogen) atoms. The number of hydrogen-bond acceptors (Lipinski definition) is 4. The van der Waals surface area contributed by atoms with Crippen LogP contribution in [0.4, 0.5) is 5.69 Å². The summed E-state index contributed by atoms with van der Waals surface area (Å²) >= 11 is 3.28. The fourth-order valence-electron chi connectivity index (χ4n) is 2.59. The van der Waals surface area contributed by atoms with E-state index in [9.17, 15) is 8.42 Å². The van der Waals surface area contributed by atoms with Gasteiger partial charge < -0.3 is 10.6 Å². The summed E-state index contributed by atoms with van der Waals surface area (Å²) in [5.41, 5.74) is 6.24. The van der Waals surface area contributed by atoms with Gasteiger partial charge >= 0.3 is 0 Å². The first kappa shape index (κ1) is 15.8. The van der Waals surface area contributed by atoms with Crippen LogP contribution in [0.25, 0.3) is 0 Å². The molecule has 2 unspecified atom stereocenters. The maximum absolute atomic E-state index is 12.7. The van der Waals surface area contributed by atoms with E-state index < -0.39 is 10.0 Å². The van der Waals surface area contributed by atoms with Gasteiger partial charge in [0.2, 0.25) is 10.0 Å². The maximum Gasteiger partial charge on any atom is 0.243 e. The molecule has 2 N–H and O–H groups in total. The number of likely N-dealkylation sites (N-methyl/N-ethyl adjacent to an activating group) is 1. The van der Waals surface area contributed by atoms with Crippen molar-refractivity contribution in [3.8, 4) is 0 Å². The molecule has 112 valence electrons. The van der Waals surface area contributed by atoms with Gasteiger partial charge in [0.25, 0.3) is 0 Å². The number of hydrogen-bond donors (Lipinski definition) is 1. The molecule has 1 aliphatic rings. The predicted octanol–water partition coefficient (Wildman–Crippen LogP) is 1.60. The molecule has 1 aliphatic heterocycles. The van der Waals surface area contributed by atoms with E-state index in [2.05, 4.69) is 27.8 Å². The van der Waals surface area contributed by atoms with Crippen molar-refractivity contribution in [2.75, 3.05) is 32.9 Å². The quantitative estimate of drug-likeness (QED) is 0.830. The average Bonchev–Trinajstić information content (AvgIpc) is 2.75. The van der Waals surface area contributed by atoms with E-state index in [0.717, 1.165) is 0 Å². The first-order valence-electron chi connectivity index (χ1n) is 6.45. The number of rotatable bonds is 3. The molecule has 0 spiro atoms. The lowest BCUT2D eigenvalue weighted by Crippen LogP contribution is -2.35. The number of benzene rings is 1. The molecule has 0 radical (unpaired) electrons. The van der Waals surface area contributed by atoms with Gasteiger partial charge in [-0.2, -0.15) is 4.31 Å². The molecule has 0 saturated carbocycles. The molecule has 2 atom stereocenters. The average molecular weight is 362 g/mol. The lowest BCUT2D eigenvalue weighted by Gasteiger charge is -2.22. The van der Waals surface area contributed by atoms with E-state index in [0.29, 0.717) is 29.2 Å². The minimum atomic E-state index is -3.46. The Hall–Kier alpha value is -0.630. The molecule has 5 nitrogen and oxygen atoms in total. The van der Waals surface area contributed by atoms with Crippen molar-refractivity contribution < 1.29 is 8.42 Å². The monoisotopic (exact) mass is 361 g/mol. The fourth-order valence-corrected chi connectivity index (χ4v) is 4.71. The van der Waals surface area contributed by atoms with Crippen LogP contribution in [0.1, 0.15) is 6.92 Å².